The van der Waals surface area contributed by atoms with Crippen molar-refractivity contribution in [2.75, 3.05) is 6.54 Å². The van der Waals surface area contributed by atoms with Crippen molar-refractivity contribution in [2.24, 2.45) is 0 Å². The van der Waals surface area contributed by atoms with Crippen LogP contribution in [0.1, 0.15) is 41.6 Å². The first-order valence-electron chi connectivity index (χ1n) is 9.67. The predicted molar refractivity (Wildman–Crippen MR) is 108 cm³/mol. The number of nitro benzene ring substituents is 1. The summed E-state index contributed by atoms with van der Waals surface area (Å²) in [6.07, 6.45) is 5.27. The smallest absolute Gasteiger partial charge is 0.281 e. The van der Waals surface area contributed by atoms with Gasteiger partial charge in [-0.25, -0.2) is 9.97 Å². The van der Waals surface area contributed by atoms with Crippen molar-refractivity contribution in [3.8, 4) is 11.3 Å². The molecular weight excluding hydrogens is 392 g/mol. The summed E-state index contributed by atoms with van der Waals surface area (Å²) in [5.74, 6) is 2.80. The van der Waals surface area contributed by atoms with Gasteiger partial charge in [-0.15, -0.1) is 0 Å². The van der Waals surface area contributed by atoms with Gasteiger partial charge in [-0.3, -0.25) is 15.0 Å². The van der Waals surface area contributed by atoms with Crippen LogP contribution in [0, 0.1) is 10.1 Å². The second-order valence-corrected chi connectivity index (χ2v) is 8.06. The lowest BCUT2D eigenvalue weighted by molar-refractivity contribution is -0.384. The van der Waals surface area contributed by atoms with Crippen LogP contribution in [-0.4, -0.2) is 26.3 Å². The normalized spacial score (nSPS) is 16.6. The average molecular weight is 411 g/mol. The van der Waals surface area contributed by atoms with Gasteiger partial charge in [0.05, 0.1) is 17.0 Å². The highest BCUT2D eigenvalue weighted by atomic mass is 35.5. The highest BCUT2D eigenvalue weighted by Gasteiger charge is 2.28. The number of furan rings is 1. The van der Waals surface area contributed by atoms with Gasteiger partial charge in [0.2, 0.25) is 0 Å². The van der Waals surface area contributed by atoms with Crippen molar-refractivity contribution in [1.29, 1.82) is 0 Å². The van der Waals surface area contributed by atoms with E-state index >= 15 is 0 Å². The highest BCUT2D eigenvalue weighted by Crippen LogP contribution is 2.38. The van der Waals surface area contributed by atoms with Crippen LogP contribution in [0.25, 0.3) is 11.3 Å². The molecule has 2 aromatic heterocycles. The minimum Gasteiger partial charge on any atom is -0.459 e. The minimum absolute atomic E-state index is 0.0612. The van der Waals surface area contributed by atoms with E-state index in [4.69, 9.17) is 21.0 Å². The summed E-state index contributed by atoms with van der Waals surface area (Å²) in [7, 11) is 0. The second-order valence-electron chi connectivity index (χ2n) is 7.62. The number of rotatable bonds is 5. The summed E-state index contributed by atoms with van der Waals surface area (Å²) in [6.45, 7) is 2.30. The molecule has 1 aromatic carbocycles. The number of hydrogen-bond acceptors (Lipinski definition) is 6. The zero-order valence-corrected chi connectivity index (χ0v) is 16.4. The van der Waals surface area contributed by atoms with Crippen LogP contribution in [0.5, 0.6) is 0 Å². The Bertz CT molecular complexity index is 1090. The lowest BCUT2D eigenvalue weighted by atomic mass is 10.1. The Morgan fingerprint density at radius 3 is 2.93 bits per heavy atom. The molecule has 0 saturated heterocycles. The molecule has 0 N–H and O–H groups in total. The molecule has 0 unspecified atom stereocenters. The summed E-state index contributed by atoms with van der Waals surface area (Å²) >= 11 is 5.90. The maximum absolute atomic E-state index is 11.3. The Morgan fingerprint density at radius 1 is 1.28 bits per heavy atom. The molecule has 0 bridgehead atoms. The molecule has 0 amide bonds. The van der Waals surface area contributed by atoms with Crippen molar-refractivity contribution in [1.82, 2.24) is 14.9 Å². The molecular formula is C21H19ClN4O3. The predicted octanol–water partition coefficient (Wildman–Crippen LogP) is 4.73. The number of aromatic nitrogens is 2. The average Bonchev–Trinajstić information content (AvgIpc) is 3.47. The van der Waals surface area contributed by atoms with Crippen molar-refractivity contribution in [2.45, 2.75) is 38.3 Å². The fraction of sp³-hybridized carbons (Fsp3) is 0.333. The van der Waals surface area contributed by atoms with E-state index in [1.165, 1.54) is 24.5 Å². The topological polar surface area (TPSA) is 85.3 Å². The largest absolute Gasteiger partial charge is 0.459 e. The van der Waals surface area contributed by atoms with Crippen molar-refractivity contribution in [3.05, 3.63) is 74.5 Å². The minimum atomic E-state index is -0.444. The molecule has 1 aliphatic carbocycles. The lowest BCUT2D eigenvalue weighted by Crippen LogP contribution is -2.31. The van der Waals surface area contributed by atoms with Gasteiger partial charge >= 0.3 is 0 Å². The molecule has 7 nitrogen and oxygen atoms in total. The maximum Gasteiger partial charge on any atom is 0.281 e. The van der Waals surface area contributed by atoms with E-state index in [2.05, 4.69) is 9.88 Å². The Balaban J connectivity index is 1.32. The molecule has 1 saturated carbocycles. The highest BCUT2D eigenvalue weighted by molar-refractivity contribution is 6.30. The molecule has 2 aliphatic rings. The van der Waals surface area contributed by atoms with Gasteiger partial charge in [-0.1, -0.05) is 11.6 Å². The standard InChI is InChI=1S/C21H19ClN4O3/c22-15-3-5-17(19(9-15)26(27)28)20-6-4-16(29-20)12-25-8-7-18-14(11-25)10-23-21(24-18)13-1-2-13/h3-6,9-10,13H,1-2,7-8,11-12H2. The van der Waals surface area contributed by atoms with Crippen LogP contribution in [0.4, 0.5) is 5.69 Å². The zero-order chi connectivity index (χ0) is 20.0. The molecule has 0 radical (unpaired) electrons. The van der Waals surface area contributed by atoms with Crippen molar-refractivity contribution in [3.63, 3.8) is 0 Å². The molecule has 148 valence electrons. The van der Waals surface area contributed by atoms with Gasteiger partial charge in [-0.2, -0.15) is 0 Å². The van der Waals surface area contributed by atoms with E-state index in [0.29, 0.717) is 28.8 Å². The van der Waals surface area contributed by atoms with Gasteiger partial charge in [-0.05, 0) is 37.1 Å². The lowest BCUT2D eigenvalue weighted by Gasteiger charge is -2.27. The summed E-state index contributed by atoms with van der Waals surface area (Å²) < 4.78 is 5.93. The number of nitro groups is 1. The maximum atomic E-state index is 11.3. The Morgan fingerprint density at radius 2 is 2.14 bits per heavy atom. The number of fused-ring (bicyclic) bond motifs is 1. The second kappa shape index (κ2) is 7.24. The van der Waals surface area contributed by atoms with E-state index in [1.807, 2.05) is 12.3 Å². The molecule has 3 heterocycles. The summed E-state index contributed by atoms with van der Waals surface area (Å²) in [5.41, 5.74) is 2.69. The Kier molecular flexibility index (Phi) is 4.56. The molecule has 0 spiro atoms. The van der Waals surface area contributed by atoms with E-state index in [1.54, 1.807) is 18.2 Å². The fourth-order valence-corrected chi connectivity index (χ4v) is 3.92. The Hall–Kier alpha value is -2.77. The van der Waals surface area contributed by atoms with Crippen LogP contribution in [-0.2, 0) is 19.5 Å². The van der Waals surface area contributed by atoms with E-state index < -0.39 is 4.92 Å². The van der Waals surface area contributed by atoms with Crippen LogP contribution in [0.3, 0.4) is 0 Å². The van der Waals surface area contributed by atoms with Gasteiger partial charge in [0.15, 0.2) is 0 Å². The molecule has 0 atom stereocenters. The third kappa shape index (κ3) is 3.75. The number of benzene rings is 1. The SMILES string of the molecule is O=[N+]([O-])c1cc(Cl)ccc1-c1ccc(CN2CCc3nc(C4CC4)ncc3C2)o1. The third-order valence-corrected chi connectivity index (χ3v) is 5.67. The van der Waals surface area contributed by atoms with Crippen molar-refractivity contribution >= 4 is 17.3 Å². The molecule has 5 rings (SSSR count). The zero-order valence-electron chi connectivity index (χ0n) is 15.7. The first kappa shape index (κ1) is 18.3. The van der Waals surface area contributed by atoms with Crippen LogP contribution >= 0.6 is 11.6 Å². The van der Waals surface area contributed by atoms with Crippen LogP contribution in [0.15, 0.2) is 40.9 Å². The van der Waals surface area contributed by atoms with Crippen LogP contribution < -0.4 is 0 Å². The molecule has 1 aliphatic heterocycles. The molecule has 8 heteroatoms. The van der Waals surface area contributed by atoms with Gasteiger partial charge in [0.1, 0.15) is 17.3 Å². The molecule has 29 heavy (non-hydrogen) atoms. The number of halogens is 1. The molecule has 3 aromatic rings. The van der Waals surface area contributed by atoms with Crippen LogP contribution in [0.2, 0.25) is 5.02 Å². The first-order valence-corrected chi connectivity index (χ1v) is 10.0. The van der Waals surface area contributed by atoms with Gasteiger partial charge in [0, 0.05) is 54.0 Å². The Labute approximate surface area is 172 Å². The van der Waals surface area contributed by atoms with E-state index in [0.717, 1.165) is 36.8 Å². The van der Waals surface area contributed by atoms with Crippen molar-refractivity contribution < 1.29 is 9.34 Å². The third-order valence-electron chi connectivity index (χ3n) is 5.44. The number of hydrogen-bond donors (Lipinski definition) is 0. The number of nitrogens with zero attached hydrogens (tertiary/aromatic N) is 4. The summed E-state index contributed by atoms with van der Waals surface area (Å²) in [5, 5.41) is 11.7. The van der Waals surface area contributed by atoms with E-state index in [-0.39, 0.29) is 5.69 Å². The summed E-state index contributed by atoms with van der Waals surface area (Å²) in [4.78, 5) is 22.5. The monoisotopic (exact) mass is 410 g/mol. The summed E-state index contributed by atoms with van der Waals surface area (Å²) in [6, 6.07) is 8.24. The van der Waals surface area contributed by atoms with Gasteiger partial charge in [0.25, 0.3) is 5.69 Å². The molecule has 1 fully saturated rings. The fourth-order valence-electron chi connectivity index (χ4n) is 3.76. The quantitative estimate of drug-likeness (QED) is 0.446. The van der Waals surface area contributed by atoms with Gasteiger partial charge < -0.3 is 4.42 Å². The van der Waals surface area contributed by atoms with E-state index in [9.17, 15) is 10.1 Å². The first-order chi connectivity index (χ1) is 14.1.